The highest BCUT2D eigenvalue weighted by Crippen LogP contribution is 2.19. The molecule has 0 aromatic carbocycles. The molecule has 1 aliphatic rings. The summed E-state index contributed by atoms with van der Waals surface area (Å²) in [4.78, 5) is 4.16. The first-order valence-electron chi connectivity index (χ1n) is 4.93. The molecule has 0 spiro atoms. The first kappa shape index (κ1) is 9.43. The molecule has 0 aliphatic carbocycles. The van der Waals surface area contributed by atoms with Crippen molar-refractivity contribution in [1.82, 2.24) is 15.6 Å². The number of nitrogen functional groups attached to an aromatic ring is 1. The first-order chi connectivity index (χ1) is 6.77. The number of hydrogen-bond donors (Lipinski definition) is 3. The molecule has 4 nitrogen and oxygen atoms in total. The van der Waals surface area contributed by atoms with E-state index in [1.165, 1.54) is 0 Å². The monoisotopic (exact) mass is 192 g/mol. The van der Waals surface area contributed by atoms with Crippen LogP contribution in [0.3, 0.4) is 0 Å². The van der Waals surface area contributed by atoms with Crippen LogP contribution in [0.25, 0.3) is 0 Å². The van der Waals surface area contributed by atoms with Crippen LogP contribution in [0.2, 0.25) is 0 Å². The van der Waals surface area contributed by atoms with E-state index in [2.05, 4.69) is 21.7 Å². The van der Waals surface area contributed by atoms with Crippen LogP contribution in [0.15, 0.2) is 12.3 Å². The van der Waals surface area contributed by atoms with Gasteiger partial charge in [-0.25, -0.2) is 4.98 Å². The van der Waals surface area contributed by atoms with Gasteiger partial charge in [0, 0.05) is 37.4 Å². The van der Waals surface area contributed by atoms with Crippen LogP contribution in [0, 0.1) is 6.92 Å². The first-order valence-corrected chi connectivity index (χ1v) is 4.93. The van der Waals surface area contributed by atoms with Gasteiger partial charge in [0.2, 0.25) is 0 Å². The molecule has 1 atom stereocenters. The van der Waals surface area contributed by atoms with Crippen LogP contribution >= 0.6 is 0 Å². The molecule has 0 radical (unpaired) electrons. The number of rotatable bonds is 1. The van der Waals surface area contributed by atoms with Crippen molar-refractivity contribution < 1.29 is 0 Å². The molecule has 76 valence electrons. The summed E-state index contributed by atoms with van der Waals surface area (Å²) < 4.78 is 0. The fourth-order valence-electron chi connectivity index (χ4n) is 1.75. The van der Waals surface area contributed by atoms with E-state index < -0.39 is 0 Å². The van der Waals surface area contributed by atoms with Crippen LogP contribution in [-0.2, 0) is 0 Å². The average Bonchev–Trinajstić information content (AvgIpc) is 2.23. The van der Waals surface area contributed by atoms with Crippen LogP contribution in [-0.4, -0.2) is 24.6 Å². The number of nitrogens with one attached hydrogen (secondary N) is 2. The summed E-state index contributed by atoms with van der Waals surface area (Å²) in [6.45, 7) is 4.97. The van der Waals surface area contributed by atoms with E-state index in [9.17, 15) is 0 Å². The number of anilines is 1. The van der Waals surface area contributed by atoms with E-state index in [1.54, 1.807) is 6.20 Å². The molecular formula is C10H16N4. The van der Waals surface area contributed by atoms with E-state index in [-0.39, 0.29) is 0 Å². The summed E-state index contributed by atoms with van der Waals surface area (Å²) >= 11 is 0. The summed E-state index contributed by atoms with van der Waals surface area (Å²) in [7, 11) is 0. The van der Waals surface area contributed by atoms with E-state index in [0.29, 0.717) is 11.9 Å². The summed E-state index contributed by atoms with van der Waals surface area (Å²) in [6, 6.07) is 2.41. The van der Waals surface area contributed by atoms with Gasteiger partial charge in [0.15, 0.2) is 0 Å². The van der Waals surface area contributed by atoms with Gasteiger partial charge in [0.1, 0.15) is 5.82 Å². The average molecular weight is 192 g/mol. The molecule has 0 bridgehead atoms. The Morgan fingerprint density at radius 1 is 1.50 bits per heavy atom. The summed E-state index contributed by atoms with van der Waals surface area (Å²) in [6.07, 6.45) is 1.80. The highest BCUT2D eigenvalue weighted by molar-refractivity contribution is 5.43. The molecule has 14 heavy (non-hydrogen) atoms. The number of hydrogen-bond acceptors (Lipinski definition) is 4. The quantitative estimate of drug-likeness (QED) is 0.595. The van der Waals surface area contributed by atoms with Gasteiger partial charge in [-0.05, 0) is 18.6 Å². The minimum Gasteiger partial charge on any atom is -0.383 e. The normalized spacial score (nSPS) is 22.2. The fraction of sp³-hybridized carbons (Fsp3) is 0.500. The van der Waals surface area contributed by atoms with Crippen LogP contribution in [0.1, 0.15) is 17.2 Å². The summed E-state index contributed by atoms with van der Waals surface area (Å²) in [5, 5.41) is 6.76. The second kappa shape index (κ2) is 3.94. The molecule has 2 heterocycles. The highest BCUT2D eigenvalue weighted by Gasteiger charge is 2.17. The Kier molecular flexibility index (Phi) is 2.65. The van der Waals surface area contributed by atoms with Crippen molar-refractivity contribution in [2.45, 2.75) is 13.0 Å². The van der Waals surface area contributed by atoms with Crippen LogP contribution in [0.5, 0.6) is 0 Å². The highest BCUT2D eigenvalue weighted by atomic mass is 15.1. The molecule has 1 fully saturated rings. The van der Waals surface area contributed by atoms with Gasteiger partial charge in [-0.3, -0.25) is 0 Å². The van der Waals surface area contributed by atoms with E-state index >= 15 is 0 Å². The lowest BCUT2D eigenvalue weighted by Gasteiger charge is -2.25. The standard InChI is InChI=1S/C10H16N4/c1-7-4-8(10(11)14-5-7)9-6-12-2-3-13-9/h4-5,9,12-13H,2-3,6H2,1H3,(H2,11,14)/t9-/m1/s1. The third-order valence-corrected chi connectivity index (χ3v) is 2.50. The number of aryl methyl sites for hydroxylation is 1. The molecule has 4 heteroatoms. The van der Waals surface area contributed by atoms with Crippen molar-refractivity contribution in [2.24, 2.45) is 0 Å². The number of piperazine rings is 1. The molecule has 4 N–H and O–H groups in total. The lowest BCUT2D eigenvalue weighted by Crippen LogP contribution is -2.42. The SMILES string of the molecule is Cc1cnc(N)c([C@H]2CNCCN2)c1. The van der Waals surface area contributed by atoms with Crippen LogP contribution < -0.4 is 16.4 Å². The maximum atomic E-state index is 5.84. The number of pyridine rings is 1. The molecule has 0 unspecified atom stereocenters. The van der Waals surface area contributed by atoms with E-state index in [4.69, 9.17) is 5.73 Å². The van der Waals surface area contributed by atoms with Crippen molar-refractivity contribution >= 4 is 5.82 Å². The van der Waals surface area contributed by atoms with E-state index in [1.807, 2.05) is 6.92 Å². The topological polar surface area (TPSA) is 63.0 Å². The minimum absolute atomic E-state index is 0.302. The van der Waals surface area contributed by atoms with Gasteiger partial charge in [-0.2, -0.15) is 0 Å². The van der Waals surface area contributed by atoms with E-state index in [0.717, 1.165) is 30.8 Å². The van der Waals surface area contributed by atoms with Gasteiger partial charge in [-0.1, -0.05) is 0 Å². The predicted molar refractivity (Wildman–Crippen MR) is 57.0 cm³/mol. The molecule has 1 aromatic rings. The van der Waals surface area contributed by atoms with Crippen LogP contribution in [0.4, 0.5) is 5.82 Å². The Morgan fingerprint density at radius 2 is 2.36 bits per heavy atom. The molecule has 0 saturated carbocycles. The zero-order chi connectivity index (χ0) is 9.97. The summed E-state index contributed by atoms with van der Waals surface area (Å²) in [5.41, 5.74) is 8.10. The van der Waals surface area contributed by atoms with Crippen molar-refractivity contribution in [3.05, 3.63) is 23.4 Å². The lowest BCUT2D eigenvalue weighted by molar-refractivity contribution is 0.430. The maximum absolute atomic E-state index is 5.84. The molecular weight excluding hydrogens is 176 g/mol. The molecule has 1 aromatic heterocycles. The third-order valence-electron chi connectivity index (χ3n) is 2.50. The van der Waals surface area contributed by atoms with Gasteiger partial charge in [-0.15, -0.1) is 0 Å². The van der Waals surface area contributed by atoms with Crippen molar-refractivity contribution in [3.8, 4) is 0 Å². The summed E-state index contributed by atoms with van der Waals surface area (Å²) in [5.74, 6) is 0.636. The number of aromatic nitrogens is 1. The van der Waals surface area contributed by atoms with Crippen molar-refractivity contribution in [3.63, 3.8) is 0 Å². The Bertz CT molecular complexity index is 318. The maximum Gasteiger partial charge on any atom is 0.128 e. The Labute approximate surface area is 83.9 Å². The predicted octanol–water partition coefficient (Wildman–Crippen LogP) is 0.206. The van der Waals surface area contributed by atoms with Crippen molar-refractivity contribution in [2.75, 3.05) is 25.4 Å². The lowest BCUT2D eigenvalue weighted by atomic mass is 10.0. The Balaban J connectivity index is 2.24. The number of nitrogens with zero attached hydrogens (tertiary/aromatic N) is 1. The second-order valence-corrected chi connectivity index (χ2v) is 3.70. The number of nitrogens with two attached hydrogens (primary N) is 1. The molecule has 1 saturated heterocycles. The van der Waals surface area contributed by atoms with Gasteiger partial charge in [0.05, 0.1) is 0 Å². The fourth-order valence-corrected chi connectivity index (χ4v) is 1.75. The molecule has 2 rings (SSSR count). The molecule has 1 aliphatic heterocycles. The van der Waals surface area contributed by atoms with Gasteiger partial charge >= 0.3 is 0 Å². The third kappa shape index (κ3) is 1.86. The van der Waals surface area contributed by atoms with Gasteiger partial charge in [0.25, 0.3) is 0 Å². The zero-order valence-electron chi connectivity index (χ0n) is 8.38. The van der Waals surface area contributed by atoms with Crippen molar-refractivity contribution in [1.29, 1.82) is 0 Å². The zero-order valence-corrected chi connectivity index (χ0v) is 8.38. The Morgan fingerprint density at radius 3 is 3.07 bits per heavy atom. The Hall–Kier alpha value is -1.13. The van der Waals surface area contributed by atoms with Gasteiger partial charge < -0.3 is 16.4 Å². The smallest absolute Gasteiger partial charge is 0.128 e. The molecule has 0 amide bonds. The minimum atomic E-state index is 0.302. The largest absolute Gasteiger partial charge is 0.383 e. The second-order valence-electron chi connectivity index (χ2n) is 3.70.